The fraction of sp³-hybridized carbons (Fsp3) is 0.308. The Kier molecular flexibility index (Phi) is 4.79. The Hall–Kier alpha value is -1.82. The molecule has 106 valence electrons. The maximum atomic E-state index is 12.5. The first-order valence-corrected chi connectivity index (χ1v) is 6.49. The number of fused-ring (bicyclic) bond motifs is 1. The molecule has 1 amide bonds. The van der Waals surface area contributed by atoms with Crippen molar-refractivity contribution in [3.05, 3.63) is 36.2 Å². The second-order valence-corrected chi connectivity index (χ2v) is 4.47. The van der Waals surface area contributed by atoms with Crippen molar-refractivity contribution in [3.8, 4) is 0 Å². The molecule has 1 aromatic heterocycles. The molecule has 4 nitrogen and oxygen atoms in total. The van der Waals surface area contributed by atoms with Crippen LogP contribution < -0.4 is 0 Å². The Morgan fingerprint density at radius 1 is 1.25 bits per heavy atom. The van der Waals surface area contributed by atoms with E-state index < -0.39 is 18.9 Å². The number of hydrogen-bond acceptors (Lipinski definition) is 3. The van der Waals surface area contributed by atoms with Gasteiger partial charge in [-0.1, -0.05) is 0 Å². The lowest BCUT2D eigenvalue weighted by Crippen LogP contribution is -2.36. The van der Waals surface area contributed by atoms with Gasteiger partial charge in [0.1, 0.15) is 0 Å². The summed E-state index contributed by atoms with van der Waals surface area (Å²) < 4.78 is 25.0. The molecule has 0 saturated carbocycles. The maximum Gasteiger partial charge on any atom is 0.255 e. The van der Waals surface area contributed by atoms with Crippen molar-refractivity contribution in [1.82, 2.24) is 14.9 Å². The molecular weight excluding hydrogens is 288 g/mol. The van der Waals surface area contributed by atoms with E-state index in [4.69, 9.17) is 11.6 Å². The number of rotatable bonds is 5. The Morgan fingerprint density at radius 3 is 2.60 bits per heavy atom. The van der Waals surface area contributed by atoms with E-state index in [0.717, 1.165) is 4.90 Å². The number of alkyl halides is 3. The van der Waals surface area contributed by atoms with Crippen LogP contribution in [0.1, 0.15) is 10.4 Å². The van der Waals surface area contributed by atoms with Crippen molar-refractivity contribution < 1.29 is 13.6 Å². The predicted molar refractivity (Wildman–Crippen MR) is 72.2 cm³/mol. The Balaban J connectivity index is 2.28. The molecule has 1 aromatic carbocycles. The lowest BCUT2D eigenvalue weighted by atomic mass is 10.1. The van der Waals surface area contributed by atoms with Crippen LogP contribution >= 0.6 is 11.6 Å². The molecule has 7 heteroatoms. The summed E-state index contributed by atoms with van der Waals surface area (Å²) in [5.74, 6) is -0.384. The van der Waals surface area contributed by atoms with Gasteiger partial charge < -0.3 is 4.90 Å². The quantitative estimate of drug-likeness (QED) is 0.797. The normalized spacial score (nSPS) is 11.0. The van der Waals surface area contributed by atoms with Gasteiger partial charge in [0.15, 0.2) is 0 Å². The van der Waals surface area contributed by atoms with Gasteiger partial charge >= 0.3 is 0 Å². The van der Waals surface area contributed by atoms with Gasteiger partial charge in [0, 0.05) is 30.4 Å². The fourth-order valence-corrected chi connectivity index (χ4v) is 2.03. The van der Waals surface area contributed by atoms with E-state index >= 15 is 0 Å². The highest BCUT2D eigenvalue weighted by Crippen LogP contribution is 2.14. The third-order valence-electron chi connectivity index (χ3n) is 2.72. The number of nitrogens with zero attached hydrogens (tertiary/aromatic N) is 3. The zero-order chi connectivity index (χ0) is 14.5. The second kappa shape index (κ2) is 6.56. The summed E-state index contributed by atoms with van der Waals surface area (Å²) in [5.41, 5.74) is 1.48. The molecule has 0 unspecified atom stereocenters. The van der Waals surface area contributed by atoms with Crippen LogP contribution in [0.3, 0.4) is 0 Å². The van der Waals surface area contributed by atoms with E-state index in [9.17, 15) is 13.6 Å². The molecule has 0 radical (unpaired) electrons. The molecule has 0 spiro atoms. The molecule has 2 aromatic rings. The van der Waals surface area contributed by atoms with Gasteiger partial charge in [-0.25, -0.2) is 8.78 Å². The highest BCUT2D eigenvalue weighted by Gasteiger charge is 2.19. The van der Waals surface area contributed by atoms with Crippen LogP contribution in [0.25, 0.3) is 11.0 Å². The summed E-state index contributed by atoms with van der Waals surface area (Å²) in [6, 6.07) is 4.72. The van der Waals surface area contributed by atoms with E-state index in [1.165, 1.54) is 12.3 Å². The first-order chi connectivity index (χ1) is 9.61. The predicted octanol–water partition coefficient (Wildman–Crippen LogP) is 2.58. The topological polar surface area (TPSA) is 46.1 Å². The maximum absolute atomic E-state index is 12.5. The number of benzene rings is 1. The number of aromatic nitrogens is 2. The summed E-state index contributed by atoms with van der Waals surface area (Å²) in [7, 11) is 0. The van der Waals surface area contributed by atoms with E-state index in [0.29, 0.717) is 16.6 Å². The zero-order valence-electron chi connectivity index (χ0n) is 10.5. The van der Waals surface area contributed by atoms with Gasteiger partial charge in [-0.3, -0.25) is 14.8 Å². The van der Waals surface area contributed by atoms with Crippen LogP contribution in [-0.4, -0.2) is 46.2 Å². The van der Waals surface area contributed by atoms with Crippen LogP contribution in [0.15, 0.2) is 30.6 Å². The van der Waals surface area contributed by atoms with Crippen LogP contribution in [0.4, 0.5) is 8.78 Å². The first-order valence-electron chi connectivity index (χ1n) is 5.96. The van der Waals surface area contributed by atoms with Crippen molar-refractivity contribution in [1.29, 1.82) is 0 Å². The Morgan fingerprint density at radius 2 is 1.95 bits per heavy atom. The number of halogens is 3. The van der Waals surface area contributed by atoms with Gasteiger partial charge in [0.2, 0.25) is 0 Å². The summed E-state index contributed by atoms with van der Waals surface area (Å²) in [6.45, 7) is -0.562. The first kappa shape index (κ1) is 14.6. The minimum Gasteiger partial charge on any atom is -0.332 e. The summed E-state index contributed by atoms with van der Waals surface area (Å²) >= 11 is 5.55. The molecular formula is C13H12ClF2N3O. The van der Waals surface area contributed by atoms with Gasteiger partial charge in [0.05, 0.1) is 17.6 Å². The van der Waals surface area contributed by atoms with Crippen LogP contribution in [0.5, 0.6) is 0 Å². The molecule has 1 heterocycles. The van der Waals surface area contributed by atoms with E-state index in [1.807, 2.05) is 0 Å². The van der Waals surface area contributed by atoms with Crippen LogP contribution in [-0.2, 0) is 0 Å². The largest absolute Gasteiger partial charge is 0.332 e. The minimum absolute atomic E-state index is 0.0727. The van der Waals surface area contributed by atoms with Crippen molar-refractivity contribution in [2.75, 3.05) is 19.0 Å². The highest BCUT2D eigenvalue weighted by atomic mass is 35.5. The molecule has 20 heavy (non-hydrogen) atoms. The van der Waals surface area contributed by atoms with E-state index in [-0.39, 0.29) is 12.4 Å². The second-order valence-electron chi connectivity index (χ2n) is 4.09. The Labute approximate surface area is 119 Å². The van der Waals surface area contributed by atoms with Crippen molar-refractivity contribution in [2.24, 2.45) is 0 Å². The summed E-state index contributed by atoms with van der Waals surface area (Å²) in [6.07, 6.45) is 0.453. The number of hydrogen-bond donors (Lipinski definition) is 0. The number of carbonyl (C=O) groups excluding carboxylic acids is 1. The number of carbonyl (C=O) groups is 1. The van der Waals surface area contributed by atoms with Crippen LogP contribution in [0.2, 0.25) is 0 Å². The fourth-order valence-electron chi connectivity index (χ4n) is 1.82. The highest BCUT2D eigenvalue weighted by molar-refractivity contribution is 6.18. The molecule has 0 saturated heterocycles. The van der Waals surface area contributed by atoms with Gasteiger partial charge in [-0.05, 0) is 18.2 Å². The average molecular weight is 300 g/mol. The smallest absolute Gasteiger partial charge is 0.255 e. The SMILES string of the molecule is O=C(c1ccc2nccnc2c1)N(CCCl)CC(F)F. The average Bonchev–Trinajstić information content (AvgIpc) is 2.45. The van der Waals surface area contributed by atoms with Gasteiger partial charge in [0.25, 0.3) is 12.3 Å². The number of amides is 1. The summed E-state index contributed by atoms with van der Waals surface area (Å²) in [5, 5.41) is 0. The molecule has 0 bridgehead atoms. The molecule has 0 aliphatic heterocycles. The van der Waals surface area contributed by atoms with Gasteiger partial charge in [-0.2, -0.15) is 0 Å². The molecule has 2 rings (SSSR count). The van der Waals surface area contributed by atoms with Crippen molar-refractivity contribution in [2.45, 2.75) is 6.43 Å². The molecule has 0 aliphatic rings. The van der Waals surface area contributed by atoms with Crippen molar-refractivity contribution >= 4 is 28.5 Å². The molecule has 0 atom stereocenters. The third-order valence-corrected chi connectivity index (χ3v) is 2.89. The van der Waals surface area contributed by atoms with Crippen LogP contribution in [0, 0.1) is 0 Å². The summed E-state index contributed by atoms with van der Waals surface area (Å²) in [4.78, 5) is 21.4. The van der Waals surface area contributed by atoms with Gasteiger partial charge in [-0.15, -0.1) is 11.6 Å². The monoisotopic (exact) mass is 299 g/mol. The lowest BCUT2D eigenvalue weighted by molar-refractivity contribution is 0.0571. The van der Waals surface area contributed by atoms with E-state index in [1.54, 1.807) is 18.3 Å². The van der Waals surface area contributed by atoms with E-state index in [2.05, 4.69) is 9.97 Å². The zero-order valence-corrected chi connectivity index (χ0v) is 11.2. The third kappa shape index (κ3) is 3.39. The van der Waals surface area contributed by atoms with Crippen molar-refractivity contribution in [3.63, 3.8) is 0 Å². The minimum atomic E-state index is -2.59. The molecule has 0 aliphatic carbocycles. The Bertz CT molecular complexity index is 609. The molecule has 0 N–H and O–H groups in total. The molecule has 0 fully saturated rings. The lowest BCUT2D eigenvalue weighted by Gasteiger charge is -2.21. The standard InChI is InChI=1S/C13H12ClF2N3O/c14-3-6-19(8-12(15)16)13(20)9-1-2-10-11(7-9)18-5-4-17-10/h1-2,4-5,7,12H,3,6,8H2.